The zero-order valence-electron chi connectivity index (χ0n) is 23.7. The maximum atomic E-state index is 14.0. The van der Waals surface area contributed by atoms with Crippen LogP contribution in [-0.4, -0.2) is 51.4 Å². The Morgan fingerprint density at radius 3 is 2.27 bits per heavy atom. The summed E-state index contributed by atoms with van der Waals surface area (Å²) in [4.78, 5) is 28.4. The summed E-state index contributed by atoms with van der Waals surface area (Å²) < 4.78 is 34.8. The molecule has 0 aromatic heterocycles. The molecule has 11 heteroatoms. The Balaban J connectivity index is 2.04. The van der Waals surface area contributed by atoms with Crippen molar-refractivity contribution in [1.29, 1.82) is 0 Å². The van der Waals surface area contributed by atoms with E-state index in [9.17, 15) is 18.0 Å². The van der Waals surface area contributed by atoms with Gasteiger partial charge in [0.05, 0.1) is 22.2 Å². The highest BCUT2D eigenvalue weighted by atomic mass is 79.9. The number of carbonyl (C=O) groups excluding carboxylic acids is 2. The van der Waals surface area contributed by atoms with Crippen molar-refractivity contribution in [3.63, 3.8) is 0 Å². The number of methoxy groups -OCH3 is 1. The molecule has 3 aromatic rings. The first-order valence-electron chi connectivity index (χ1n) is 13.1. The Labute approximate surface area is 255 Å². The number of benzene rings is 3. The summed E-state index contributed by atoms with van der Waals surface area (Å²) in [6.07, 6.45) is 0. The molecule has 8 nitrogen and oxygen atoms in total. The van der Waals surface area contributed by atoms with Crippen LogP contribution in [0.15, 0.2) is 76.1 Å². The van der Waals surface area contributed by atoms with Crippen molar-refractivity contribution in [2.75, 3.05) is 24.5 Å². The van der Waals surface area contributed by atoms with Gasteiger partial charge in [0.2, 0.25) is 11.8 Å². The van der Waals surface area contributed by atoms with Crippen molar-refractivity contribution in [2.45, 2.75) is 45.2 Å². The van der Waals surface area contributed by atoms with Crippen molar-refractivity contribution in [2.24, 2.45) is 5.92 Å². The first-order chi connectivity index (χ1) is 19.3. The summed E-state index contributed by atoms with van der Waals surface area (Å²) in [7, 11) is -2.73. The van der Waals surface area contributed by atoms with Gasteiger partial charge in [-0.05, 0) is 77.7 Å². The lowest BCUT2D eigenvalue weighted by Crippen LogP contribution is -2.51. The summed E-state index contributed by atoms with van der Waals surface area (Å²) >= 11 is 9.76. The van der Waals surface area contributed by atoms with Crippen molar-refractivity contribution >= 4 is 55.1 Å². The first kappa shape index (κ1) is 32.4. The molecule has 0 bridgehead atoms. The van der Waals surface area contributed by atoms with Gasteiger partial charge >= 0.3 is 0 Å². The quantitative estimate of drug-likeness (QED) is 0.264. The van der Waals surface area contributed by atoms with Crippen LogP contribution in [0.4, 0.5) is 5.69 Å². The van der Waals surface area contributed by atoms with Gasteiger partial charge in [0.15, 0.2) is 0 Å². The van der Waals surface area contributed by atoms with Gasteiger partial charge in [0, 0.05) is 18.1 Å². The predicted octanol–water partition coefficient (Wildman–Crippen LogP) is 5.80. The normalized spacial score (nSPS) is 12.1. The molecular formula is C30H35BrClN3O5S. The predicted molar refractivity (Wildman–Crippen MR) is 166 cm³/mol. The van der Waals surface area contributed by atoms with E-state index < -0.39 is 28.5 Å². The molecule has 0 aliphatic rings. The zero-order chi connectivity index (χ0) is 30.3. The third-order valence-electron chi connectivity index (χ3n) is 6.46. The van der Waals surface area contributed by atoms with Crippen LogP contribution in [0.1, 0.15) is 31.9 Å². The second-order valence-electron chi connectivity index (χ2n) is 10.1. The van der Waals surface area contributed by atoms with Crippen LogP contribution in [0, 0.1) is 12.8 Å². The standard InChI is InChI=1S/C30H35BrClN3O5S/c1-20(2)17-33-30(37)22(4)34(18-23-8-6-7-9-27(23)32)29(36)19-35(24-12-10-21(3)11-13-24)41(38,39)25-14-15-28(40-5)26(31)16-25/h6-16,20,22H,17-19H2,1-5H3,(H,33,37)/t22-/m0/s1. The molecule has 1 atom stereocenters. The number of hydrogen-bond donors (Lipinski definition) is 1. The van der Waals surface area contributed by atoms with Gasteiger partial charge in [-0.25, -0.2) is 8.42 Å². The molecule has 2 amide bonds. The third kappa shape index (κ3) is 8.24. The monoisotopic (exact) mass is 663 g/mol. The SMILES string of the molecule is COc1ccc(S(=O)(=O)N(CC(=O)N(Cc2ccccc2Cl)[C@@H](C)C(=O)NCC(C)C)c2ccc(C)cc2)cc1Br. The Morgan fingerprint density at radius 1 is 1.02 bits per heavy atom. The number of anilines is 1. The van der Waals surface area contributed by atoms with Gasteiger partial charge in [0.25, 0.3) is 10.0 Å². The molecule has 0 saturated carbocycles. The van der Waals surface area contributed by atoms with Crippen LogP contribution in [0.5, 0.6) is 5.75 Å². The van der Waals surface area contributed by atoms with E-state index in [0.29, 0.717) is 33.0 Å². The van der Waals surface area contributed by atoms with E-state index >= 15 is 0 Å². The van der Waals surface area contributed by atoms with Crippen molar-refractivity contribution in [3.05, 3.63) is 87.4 Å². The number of ether oxygens (including phenoxy) is 1. The summed E-state index contributed by atoms with van der Waals surface area (Å²) in [5, 5.41) is 3.30. The molecule has 0 aliphatic carbocycles. The number of nitrogens with zero attached hydrogens (tertiary/aromatic N) is 2. The van der Waals surface area contributed by atoms with Crippen LogP contribution >= 0.6 is 27.5 Å². The second kappa shape index (κ2) is 14.2. The lowest BCUT2D eigenvalue weighted by atomic mass is 10.1. The van der Waals surface area contributed by atoms with Crippen LogP contribution in [0.25, 0.3) is 0 Å². The fourth-order valence-corrected chi connectivity index (χ4v) is 6.35. The van der Waals surface area contributed by atoms with Gasteiger partial charge in [0.1, 0.15) is 18.3 Å². The van der Waals surface area contributed by atoms with E-state index in [1.165, 1.54) is 30.2 Å². The topological polar surface area (TPSA) is 96.0 Å². The molecule has 3 aromatic carbocycles. The first-order valence-corrected chi connectivity index (χ1v) is 15.7. The molecule has 3 rings (SSSR count). The number of sulfonamides is 1. The Bertz CT molecular complexity index is 1480. The number of nitrogens with one attached hydrogen (secondary N) is 1. The van der Waals surface area contributed by atoms with Crippen LogP contribution in [-0.2, 0) is 26.2 Å². The highest BCUT2D eigenvalue weighted by Crippen LogP contribution is 2.31. The van der Waals surface area contributed by atoms with Crippen molar-refractivity contribution < 1.29 is 22.7 Å². The fraction of sp³-hybridized carbons (Fsp3) is 0.333. The Morgan fingerprint density at radius 2 is 1.68 bits per heavy atom. The number of halogens is 2. The van der Waals surface area contributed by atoms with Crippen LogP contribution < -0.4 is 14.4 Å². The van der Waals surface area contributed by atoms with E-state index in [2.05, 4.69) is 21.2 Å². The summed E-state index contributed by atoms with van der Waals surface area (Å²) in [5.74, 6) is -0.226. The number of rotatable bonds is 12. The summed E-state index contributed by atoms with van der Waals surface area (Å²) in [6.45, 7) is 7.37. The Hall–Kier alpha value is -3.08. The number of hydrogen-bond acceptors (Lipinski definition) is 5. The average Bonchev–Trinajstić information content (AvgIpc) is 2.94. The van der Waals surface area contributed by atoms with E-state index in [4.69, 9.17) is 16.3 Å². The van der Waals surface area contributed by atoms with E-state index in [1.807, 2.05) is 20.8 Å². The van der Waals surface area contributed by atoms with Crippen LogP contribution in [0.2, 0.25) is 5.02 Å². The fourth-order valence-electron chi connectivity index (χ4n) is 4.02. The van der Waals surface area contributed by atoms with E-state index in [-0.39, 0.29) is 23.3 Å². The van der Waals surface area contributed by atoms with E-state index in [0.717, 1.165) is 9.87 Å². The molecule has 41 heavy (non-hydrogen) atoms. The van der Waals surface area contributed by atoms with Gasteiger partial charge in [-0.1, -0.05) is 61.3 Å². The third-order valence-corrected chi connectivity index (χ3v) is 9.22. The smallest absolute Gasteiger partial charge is 0.264 e. The van der Waals surface area contributed by atoms with Gasteiger partial charge in [-0.3, -0.25) is 13.9 Å². The van der Waals surface area contributed by atoms with E-state index in [1.54, 1.807) is 55.5 Å². The van der Waals surface area contributed by atoms with Crippen molar-refractivity contribution in [1.82, 2.24) is 10.2 Å². The lowest BCUT2D eigenvalue weighted by molar-refractivity contribution is -0.139. The molecule has 0 aliphatic heterocycles. The summed E-state index contributed by atoms with van der Waals surface area (Å²) in [5.41, 5.74) is 1.88. The molecule has 0 heterocycles. The van der Waals surface area contributed by atoms with Crippen LogP contribution in [0.3, 0.4) is 0 Å². The second-order valence-corrected chi connectivity index (χ2v) is 13.2. The highest BCUT2D eigenvalue weighted by Gasteiger charge is 2.33. The maximum Gasteiger partial charge on any atom is 0.264 e. The molecule has 0 spiro atoms. The van der Waals surface area contributed by atoms with Gasteiger partial charge in [-0.2, -0.15) is 0 Å². The maximum absolute atomic E-state index is 14.0. The molecule has 220 valence electrons. The average molecular weight is 665 g/mol. The number of amides is 2. The minimum absolute atomic E-state index is 0.0185. The summed E-state index contributed by atoms with van der Waals surface area (Å²) in [6, 6.07) is 17.4. The largest absolute Gasteiger partial charge is 0.496 e. The molecule has 1 N–H and O–H groups in total. The minimum Gasteiger partial charge on any atom is -0.496 e. The number of aryl methyl sites for hydroxylation is 1. The Kier molecular flexibility index (Phi) is 11.2. The number of carbonyl (C=O) groups is 2. The zero-order valence-corrected chi connectivity index (χ0v) is 26.9. The molecule has 0 saturated heterocycles. The molecular weight excluding hydrogens is 630 g/mol. The molecule has 0 radical (unpaired) electrons. The van der Waals surface area contributed by atoms with Crippen molar-refractivity contribution in [3.8, 4) is 5.75 Å². The van der Waals surface area contributed by atoms with Gasteiger partial charge in [-0.15, -0.1) is 0 Å². The highest BCUT2D eigenvalue weighted by molar-refractivity contribution is 9.10. The molecule has 0 fully saturated rings. The minimum atomic E-state index is -4.22. The molecule has 0 unspecified atom stereocenters. The van der Waals surface area contributed by atoms with Gasteiger partial charge < -0.3 is 15.0 Å². The lowest BCUT2D eigenvalue weighted by Gasteiger charge is -2.32.